The van der Waals surface area contributed by atoms with Gasteiger partial charge in [0.15, 0.2) is 0 Å². The minimum absolute atomic E-state index is 0.142. The van der Waals surface area contributed by atoms with Gasteiger partial charge in [-0.05, 0) is 37.1 Å². The number of hydrogen-bond donors (Lipinski definition) is 2. The summed E-state index contributed by atoms with van der Waals surface area (Å²) in [6, 6.07) is 7.86. The zero-order valence-corrected chi connectivity index (χ0v) is 13.8. The van der Waals surface area contributed by atoms with E-state index in [1.807, 2.05) is 24.3 Å². The standard InChI is InChI=1S/C17H26N2O3/c1-5-12(2)14-6-8-15(9-7-14)18-16(20)11-19(4)10-13(3)17(21)22/h6-9,12-13H,5,10-11H2,1-4H3,(H,18,20)(H,21,22). The van der Waals surface area contributed by atoms with E-state index in [0.29, 0.717) is 12.5 Å². The van der Waals surface area contributed by atoms with Crippen LogP contribution in [0.4, 0.5) is 5.69 Å². The van der Waals surface area contributed by atoms with Gasteiger partial charge < -0.3 is 10.4 Å². The van der Waals surface area contributed by atoms with Crippen molar-refractivity contribution in [1.29, 1.82) is 0 Å². The van der Waals surface area contributed by atoms with Gasteiger partial charge in [-0.15, -0.1) is 0 Å². The zero-order chi connectivity index (χ0) is 16.7. The monoisotopic (exact) mass is 306 g/mol. The van der Waals surface area contributed by atoms with Gasteiger partial charge in [0.1, 0.15) is 0 Å². The fourth-order valence-corrected chi connectivity index (χ4v) is 2.19. The van der Waals surface area contributed by atoms with E-state index in [2.05, 4.69) is 19.2 Å². The van der Waals surface area contributed by atoms with E-state index >= 15 is 0 Å². The van der Waals surface area contributed by atoms with Crippen LogP contribution in [0, 0.1) is 5.92 Å². The molecule has 0 aliphatic heterocycles. The summed E-state index contributed by atoms with van der Waals surface area (Å²) in [5, 5.41) is 11.7. The molecule has 5 nitrogen and oxygen atoms in total. The van der Waals surface area contributed by atoms with Gasteiger partial charge in [-0.1, -0.05) is 32.9 Å². The SMILES string of the molecule is CCC(C)c1ccc(NC(=O)CN(C)CC(C)C(=O)O)cc1. The van der Waals surface area contributed by atoms with Gasteiger partial charge in [-0.25, -0.2) is 0 Å². The van der Waals surface area contributed by atoms with Gasteiger partial charge in [-0.2, -0.15) is 0 Å². The number of likely N-dealkylation sites (N-methyl/N-ethyl adjacent to an activating group) is 1. The van der Waals surface area contributed by atoms with Crippen molar-refractivity contribution in [2.45, 2.75) is 33.1 Å². The summed E-state index contributed by atoms with van der Waals surface area (Å²) in [6.07, 6.45) is 1.08. The first-order valence-electron chi connectivity index (χ1n) is 7.64. The Hall–Kier alpha value is -1.88. The Kier molecular flexibility index (Phi) is 7.05. The van der Waals surface area contributed by atoms with Crippen LogP contribution in [-0.2, 0) is 9.59 Å². The molecule has 2 unspecified atom stereocenters. The number of nitrogens with zero attached hydrogens (tertiary/aromatic N) is 1. The van der Waals surface area contributed by atoms with Crippen molar-refractivity contribution in [3.05, 3.63) is 29.8 Å². The Balaban J connectivity index is 2.49. The second-order valence-electron chi connectivity index (χ2n) is 5.92. The van der Waals surface area contributed by atoms with Gasteiger partial charge in [-0.3, -0.25) is 14.5 Å². The molecule has 1 amide bonds. The van der Waals surface area contributed by atoms with Gasteiger partial charge in [0.25, 0.3) is 0 Å². The highest BCUT2D eigenvalue weighted by atomic mass is 16.4. The normalized spacial score (nSPS) is 13.7. The number of carboxylic acids is 1. The summed E-state index contributed by atoms with van der Waals surface area (Å²) in [4.78, 5) is 24.5. The first-order chi connectivity index (χ1) is 10.3. The minimum atomic E-state index is -0.854. The Labute approximate surface area is 132 Å². The molecule has 0 heterocycles. The average Bonchev–Trinajstić information content (AvgIpc) is 2.46. The number of carboxylic acid groups (broad SMARTS) is 1. The number of nitrogens with one attached hydrogen (secondary N) is 1. The Morgan fingerprint density at radius 1 is 1.23 bits per heavy atom. The summed E-state index contributed by atoms with van der Waals surface area (Å²) in [7, 11) is 1.74. The largest absolute Gasteiger partial charge is 0.481 e. The van der Waals surface area contributed by atoms with Crippen molar-refractivity contribution >= 4 is 17.6 Å². The highest BCUT2D eigenvalue weighted by molar-refractivity contribution is 5.92. The number of carbonyl (C=O) groups is 2. The first-order valence-corrected chi connectivity index (χ1v) is 7.64. The quantitative estimate of drug-likeness (QED) is 0.775. The molecule has 0 bridgehead atoms. The van der Waals surface area contributed by atoms with E-state index in [0.717, 1.165) is 12.1 Å². The summed E-state index contributed by atoms with van der Waals surface area (Å²) < 4.78 is 0. The second kappa shape index (κ2) is 8.54. The third kappa shape index (κ3) is 5.85. The minimum Gasteiger partial charge on any atom is -0.481 e. The van der Waals surface area contributed by atoms with E-state index in [1.54, 1.807) is 18.9 Å². The molecule has 0 spiro atoms. The molecule has 2 atom stereocenters. The Morgan fingerprint density at radius 2 is 1.82 bits per heavy atom. The molecule has 0 radical (unpaired) electrons. The summed E-state index contributed by atoms with van der Waals surface area (Å²) >= 11 is 0. The third-order valence-electron chi connectivity index (χ3n) is 3.80. The lowest BCUT2D eigenvalue weighted by Crippen LogP contribution is -2.35. The zero-order valence-electron chi connectivity index (χ0n) is 13.8. The number of amides is 1. The molecule has 2 N–H and O–H groups in total. The van der Waals surface area contributed by atoms with Crippen LogP contribution >= 0.6 is 0 Å². The number of aliphatic carboxylic acids is 1. The van der Waals surface area contributed by atoms with Crippen molar-refractivity contribution in [2.24, 2.45) is 5.92 Å². The van der Waals surface area contributed by atoms with Gasteiger partial charge in [0, 0.05) is 12.2 Å². The number of hydrogen-bond acceptors (Lipinski definition) is 3. The van der Waals surface area contributed by atoms with Crippen LogP contribution in [0.2, 0.25) is 0 Å². The lowest BCUT2D eigenvalue weighted by molar-refractivity contribution is -0.141. The highest BCUT2D eigenvalue weighted by Gasteiger charge is 2.15. The third-order valence-corrected chi connectivity index (χ3v) is 3.80. The van der Waals surface area contributed by atoms with Crippen LogP contribution in [-0.4, -0.2) is 42.0 Å². The molecule has 0 aliphatic carbocycles. The number of carbonyl (C=O) groups excluding carboxylic acids is 1. The average molecular weight is 306 g/mol. The molecular formula is C17H26N2O3. The lowest BCUT2D eigenvalue weighted by atomic mass is 9.99. The van der Waals surface area contributed by atoms with Gasteiger partial charge >= 0.3 is 5.97 Å². The van der Waals surface area contributed by atoms with Crippen LogP contribution in [0.5, 0.6) is 0 Å². The Morgan fingerprint density at radius 3 is 2.32 bits per heavy atom. The summed E-state index contributed by atoms with van der Waals surface area (Å²) in [5.74, 6) is -0.981. The van der Waals surface area contributed by atoms with Crippen LogP contribution < -0.4 is 5.32 Å². The van der Waals surface area contributed by atoms with Crippen LogP contribution in [0.3, 0.4) is 0 Å². The maximum absolute atomic E-state index is 11.9. The summed E-state index contributed by atoms with van der Waals surface area (Å²) in [6.45, 7) is 6.46. The van der Waals surface area contributed by atoms with Crippen molar-refractivity contribution in [3.8, 4) is 0 Å². The molecule has 22 heavy (non-hydrogen) atoms. The molecule has 0 saturated heterocycles. The van der Waals surface area contributed by atoms with Crippen LogP contribution in [0.1, 0.15) is 38.7 Å². The van der Waals surface area contributed by atoms with E-state index in [-0.39, 0.29) is 12.5 Å². The second-order valence-corrected chi connectivity index (χ2v) is 5.92. The lowest BCUT2D eigenvalue weighted by Gasteiger charge is -2.18. The fraction of sp³-hybridized carbons (Fsp3) is 0.529. The number of anilines is 1. The van der Waals surface area contributed by atoms with Crippen LogP contribution in [0.25, 0.3) is 0 Å². The molecule has 5 heteroatoms. The van der Waals surface area contributed by atoms with E-state index in [1.165, 1.54) is 5.56 Å². The fourth-order valence-electron chi connectivity index (χ4n) is 2.19. The molecular weight excluding hydrogens is 280 g/mol. The predicted octanol–water partition coefficient (Wildman–Crippen LogP) is 2.79. The molecule has 0 saturated carbocycles. The predicted molar refractivity (Wildman–Crippen MR) is 88.1 cm³/mol. The maximum atomic E-state index is 11.9. The molecule has 122 valence electrons. The van der Waals surface area contributed by atoms with E-state index in [9.17, 15) is 9.59 Å². The van der Waals surface area contributed by atoms with Crippen molar-refractivity contribution in [3.63, 3.8) is 0 Å². The first kappa shape index (κ1) is 18.2. The Bertz CT molecular complexity index is 499. The molecule has 0 aromatic heterocycles. The topological polar surface area (TPSA) is 69.6 Å². The van der Waals surface area contributed by atoms with Gasteiger partial charge in [0.05, 0.1) is 12.5 Å². The van der Waals surface area contributed by atoms with E-state index in [4.69, 9.17) is 5.11 Å². The number of benzene rings is 1. The molecule has 1 aromatic rings. The molecule has 0 aliphatic rings. The molecule has 1 aromatic carbocycles. The van der Waals surface area contributed by atoms with Crippen molar-refractivity contribution in [2.75, 3.05) is 25.5 Å². The van der Waals surface area contributed by atoms with E-state index < -0.39 is 11.9 Å². The van der Waals surface area contributed by atoms with Crippen LogP contribution in [0.15, 0.2) is 24.3 Å². The highest BCUT2D eigenvalue weighted by Crippen LogP contribution is 2.20. The summed E-state index contributed by atoms with van der Waals surface area (Å²) in [5.41, 5.74) is 2.02. The van der Waals surface area contributed by atoms with Crippen molar-refractivity contribution < 1.29 is 14.7 Å². The van der Waals surface area contributed by atoms with Crippen molar-refractivity contribution in [1.82, 2.24) is 4.90 Å². The number of rotatable bonds is 8. The van der Waals surface area contributed by atoms with Gasteiger partial charge in [0.2, 0.25) is 5.91 Å². The molecule has 1 rings (SSSR count). The molecule has 0 fully saturated rings. The smallest absolute Gasteiger partial charge is 0.307 e. The maximum Gasteiger partial charge on any atom is 0.307 e.